The summed E-state index contributed by atoms with van der Waals surface area (Å²) in [4.78, 5) is 9.78. The molecule has 0 saturated carbocycles. The number of aromatic hydroxyl groups is 1. The van der Waals surface area contributed by atoms with Gasteiger partial charge < -0.3 is 10.4 Å². The van der Waals surface area contributed by atoms with Crippen LogP contribution in [0.1, 0.15) is 28.9 Å². The van der Waals surface area contributed by atoms with Gasteiger partial charge in [0.25, 0.3) is 0 Å². The first kappa shape index (κ1) is 16.8. The zero-order chi connectivity index (χ0) is 19.1. The molecule has 5 nitrogen and oxygen atoms in total. The highest BCUT2D eigenvalue weighted by molar-refractivity contribution is 5.88. The maximum atomic E-state index is 10.2. The molecule has 0 spiro atoms. The van der Waals surface area contributed by atoms with Crippen molar-refractivity contribution >= 4 is 16.7 Å². The summed E-state index contributed by atoms with van der Waals surface area (Å²) in [5, 5.41) is 14.6. The molecule has 1 aliphatic rings. The van der Waals surface area contributed by atoms with E-state index in [2.05, 4.69) is 29.6 Å². The lowest BCUT2D eigenvalue weighted by Crippen LogP contribution is -2.11. The SMILES string of the molecule is Cc1cc2c(O)cccc2n1-c1nc2c(c(NCc3ccccc3)n1)CCC2. The lowest BCUT2D eigenvalue weighted by molar-refractivity contribution is 0.481. The maximum Gasteiger partial charge on any atom is 0.236 e. The van der Waals surface area contributed by atoms with Crippen molar-refractivity contribution in [3.63, 3.8) is 0 Å². The summed E-state index contributed by atoms with van der Waals surface area (Å²) in [6, 6.07) is 17.9. The highest BCUT2D eigenvalue weighted by atomic mass is 16.3. The second kappa shape index (κ2) is 6.68. The summed E-state index contributed by atoms with van der Waals surface area (Å²) in [5.74, 6) is 1.86. The van der Waals surface area contributed by atoms with Crippen molar-refractivity contribution in [1.29, 1.82) is 0 Å². The number of rotatable bonds is 4. The Balaban J connectivity index is 1.60. The third kappa shape index (κ3) is 2.80. The first-order valence-electron chi connectivity index (χ1n) is 9.69. The van der Waals surface area contributed by atoms with Crippen LogP contribution in [0.25, 0.3) is 16.9 Å². The molecular formula is C23H22N4O. The van der Waals surface area contributed by atoms with Gasteiger partial charge in [-0.2, -0.15) is 4.98 Å². The van der Waals surface area contributed by atoms with Crippen LogP contribution in [-0.2, 0) is 19.4 Å². The van der Waals surface area contributed by atoms with Crippen molar-refractivity contribution in [1.82, 2.24) is 14.5 Å². The van der Waals surface area contributed by atoms with Crippen molar-refractivity contribution in [3.05, 3.63) is 77.1 Å². The molecule has 0 atom stereocenters. The Kier molecular flexibility index (Phi) is 4.01. The monoisotopic (exact) mass is 370 g/mol. The van der Waals surface area contributed by atoms with E-state index in [1.807, 2.05) is 35.8 Å². The number of hydrogen-bond donors (Lipinski definition) is 2. The van der Waals surface area contributed by atoms with Gasteiger partial charge in [-0.3, -0.25) is 4.57 Å². The lowest BCUT2D eigenvalue weighted by atomic mass is 10.2. The first-order valence-corrected chi connectivity index (χ1v) is 9.69. The first-order chi connectivity index (χ1) is 13.7. The number of nitrogens with one attached hydrogen (secondary N) is 1. The Morgan fingerprint density at radius 2 is 1.89 bits per heavy atom. The molecule has 0 amide bonds. The Labute approximate surface area is 163 Å². The summed E-state index contributed by atoms with van der Waals surface area (Å²) in [6.07, 6.45) is 3.10. The average molecular weight is 370 g/mol. The fourth-order valence-corrected chi connectivity index (χ4v) is 4.06. The third-order valence-electron chi connectivity index (χ3n) is 5.43. The number of fused-ring (bicyclic) bond motifs is 2. The van der Waals surface area contributed by atoms with Crippen LogP contribution in [0.2, 0.25) is 0 Å². The summed E-state index contributed by atoms with van der Waals surface area (Å²) in [6.45, 7) is 2.75. The van der Waals surface area contributed by atoms with Crippen LogP contribution in [0, 0.1) is 6.92 Å². The molecule has 0 unspecified atom stereocenters. The van der Waals surface area contributed by atoms with Gasteiger partial charge in [-0.05, 0) is 49.9 Å². The molecule has 0 fully saturated rings. The normalized spacial score (nSPS) is 13.0. The van der Waals surface area contributed by atoms with Gasteiger partial charge >= 0.3 is 0 Å². The van der Waals surface area contributed by atoms with E-state index < -0.39 is 0 Å². The number of phenolic OH excluding ortho intramolecular Hbond substituents is 1. The molecular weight excluding hydrogens is 348 g/mol. The van der Waals surface area contributed by atoms with Gasteiger partial charge in [0.15, 0.2) is 0 Å². The largest absolute Gasteiger partial charge is 0.507 e. The molecule has 5 heteroatoms. The lowest BCUT2D eigenvalue weighted by Gasteiger charge is -2.14. The molecule has 2 aromatic heterocycles. The number of benzene rings is 2. The van der Waals surface area contributed by atoms with Gasteiger partial charge in [0.2, 0.25) is 5.95 Å². The predicted molar refractivity (Wildman–Crippen MR) is 111 cm³/mol. The molecule has 0 radical (unpaired) electrons. The van der Waals surface area contributed by atoms with Gasteiger partial charge in [0, 0.05) is 23.2 Å². The number of anilines is 1. The molecule has 2 aromatic carbocycles. The maximum absolute atomic E-state index is 10.2. The van der Waals surface area contributed by atoms with Crippen molar-refractivity contribution in [2.24, 2.45) is 0 Å². The third-order valence-corrected chi connectivity index (χ3v) is 5.43. The number of nitrogens with zero attached hydrogens (tertiary/aromatic N) is 3. The smallest absolute Gasteiger partial charge is 0.236 e. The number of aromatic nitrogens is 3. The minimum atomic E-state index is 0.280. The van der Waals surface area contributed by atoms with Gasteiger partial charge in [0.05, 0.1) is 11.2 Å². The molecule has 0 aliphatic heterocycles. The Morgan fingerprint density at radius 3 is 2.75 bits per heavy atom. The molecule has 2 heterocycles. The van der Waals surface area contributed by atoms with Crippen molar-refractivity contribution < 1.29 is 5.11 Å². The minimum absolute atomic E-state index is 0.280. The van der Waals surface area contributed by atoms with E-state index in [1.54, 1.807) is 6.07 Å². The van der Waals surface area contributed by atoms with Gasteiger partial charge in [-0.15, -0.1) is 0 Å². The Bertz CT molecular complexity index is 1160. The van der Waals surface area contributed by atoms with Crippen LogP contribution < -0.4 is 5.32 Å². The Morgan fingerprint density at radius 1 is 1.04 bits per heavy atom. The van der Waals surface area contributed by atoms with Gasteiger partial charge in [-0.1, -0.05) is 36.4 Å². The van der Waals surface area contributed by atoms with Crippen LogP contribution >= 0.6 is 0 Å². The topological polar surface area (TPSA) is 63.0 Å². The van der Waals surface area contributed by atoms with E-state index in [0.717, 1.165) is 53.9 Å². The number of hydrogen-bond acceptors (Lipinski definition) is 4. The van der Waals surface area contributed by atoms with E-state index >= 15 is 0 Å². The van der Waals surface area contributed by atoms with Gasteiger partial charge in [-0.25, -0.2) is 4.98 Å². The van der Waals surface area contributed by atoms with Crippen LogP contribution in [0.5, 0.6) is 5.75 Å². The number of phenols is 1. The van der Waals surface area contributed by atoms with Crippen molar-refractivity contribution in [3.8, 4) is 11.7 Å². The van der Waals surface area contributed by atoms with E-state index in [4.69, 9.17) is 9.97 Å². The summed E-state index contributed by atoms with van der Waals surface area (Å²) < 4.78 is 2.03. The highest BCUT2D eigenvalue weighted by Crippen LogP contribution is 2.32. The molecule has 28 heavy (non-hydrogen) atoms. The zero-order valence-electron chi connectivity index (χ0n) is 15.8. The van der Waals surface area contributed by atoms with Crippen molar-refractivity contribution in [2.45, 2.75) is 32.7 Å². The second-order valence-electron chi connectivity index (χ2n) is 7.32. The molecule has 2 N–H and O–H groups in total. The predicted octanol–water partition coefficient (Wildman–Crippen LogP) is 4.54. The van der Waals surface area contributed by atoms with Crippen LogP contribution in [0.15, 0.2) is 54.6 Å². The van der Waals surface area contributed by atoms with Crippen LogP contribution in [-0.4, -0.2) is 19.6 Å². The highest BCUT2D eigenvalue weighted by Gasteiger charge is 2.21. The average Bonchev–Trinajstić information content (AvgIpc) is 3.31. The molecule has 0 saturated heterocycles. The van der Waals surface area contributed by atoms with E-state index in [0.29, 0.717) is 5.95 Å². The van der Waals surface area contributed by atoms with Crippen LogP contribution in [0.3, 0.4) is 0 Å². The van der Waals surface area contributed by atoms with Crippen molar-refractivity contribution in [2.75, 3.05) is 5.32 Å². The molecule has 4 aromatic rings. The Hall–Kier alpha value is -3.34. The van der Waals surface area contributed by atoms with Crippen LogP contribution in [0.4, 0.5) is 5.82 Å². The molecule has 5 rings (SSSR count). The fraction of sp³-hybridized carbons (Fsp3) is 0.217. The molecule has 0 bridgehead atoms. The number of aryl methyl sites for hydroxylation is 2. The standard InChI is InChI=1S/C23H22N4O/c1-15-13-18-20(11-6-12-21(18)28)27(15)23-25-19-10-5-9-17(19)22(26-23)24-14-16-7-3-2-4-8-16/h2-4,6-8,11-13,28H,5,9-10,14H2,1H3,(H,24,25,26). The van der Waals surface area contributed by atoms with E-state index in [-0.39, 0.29) is 5.75 Å². The summed E-state index contributed by atoms with van der Waals surface area (Å²) in [7, 11) is 0. The fourth-order valence-electron chi connectivity index (χ4n) is 4.06. The summed E-state index contributed by atoms with van der Waals surface area (Å²) >= 11 is 0. The zero-order valence-corrected chi connectivity index (χ0v) is 15.8. The molecule has 140 valence electrons. The van der Waals surface area contributed by atoms with E-state index in [9.17, 15) is 5.11 Å². The second-order valence-corrected chi connectivity index (χ2v) is 7.32. The minimum Gasteiger partial charge on any atom is -0.507 e. The summed E-state index contributed by atoms with van der Waals surface area (Å²) in [5.41, 5.74) is 5.51. The van der Waals surface area contributed by atoms with E-state index in [1.165, 1.54) is 11.1 Å². The molecule has 1 aliphatic carbocycles. The van der Waals surface area contributed by atoms with Gasteiger partial charge in [0.1, 0.15) is 11.6 Å². The quantitative estimate of drug-likeness (QED) is 0.554.